The van der Waals surface area contributed by atoms with Crippen LogP contribution in [0.25, 0.3) is 0 Å². The highest BCUT2D eigenvalue weighted by molar-refractivity contribution is 5.89. The molecule has 2 aromatic rings. The molecule has 7 heteroatoms. The van der Waals surface area contributed by atoms with Crippen molar-refractivity contribution in [3.63, 3.8) is 0 Å². The van der Waals surface area contributed by atoms with Crippen molar-refractivity contribution < 1.29 is 9.21 Å². The largest absolute Gasteiger partial charge is 0.467 e. The van der Waals surface area contributed by atoms with Gasteiger partial charge in [0.25, 0.3) is 0 Å². The van der Waals surface area contributed by atoms with Crippen LogP contribution in [0.3, 0.4) is 0 Å². The summed E-state index contributed by atoms with van der Waals surface area (Å²) in [5, 5.41) is 2.89. The molecule has 0 aliphatic carbocycles. The summed E-state index contributed by atoms with van der Waals surface area (Å²) < 4.78 is 5.54. The molecule has 0 bridgehead atoms. The predicted octanol–water partition coefficient (Wildman–Crippen LogP) is 3.14. The minimum Gasteiger partial charge on any atom is -0.467 e. The van der Waals surface area contributed by atoms with Crippen molar-refractivity contribution in [1.29, 1.82) is 0 Å². The topological polar surface area (TPSA) is 74.5 Å². The van der Waals surface area contributed by atoms with Gasteiger partial charge in [0.1, 0.15) is 5.76 Å². The summed E-state index contributed by atoms with van der Waals surface area (Å²) in [7, 11) is 3.74. The van der Waals surface area contributed by atoms with Crippen molar-refractivity contribution in [1.82, 2.24) is 14.9 Å². The molecule has 3 heterocycles. The summed E-state index contributed by atoms with van der Waals surface area (Å²) in [6.07, 6.45) is 6.78. The number of nitrogens with one attached hydrogen (secondary N) is 1. The molecule has 1 saturated heterocycles. The zero-order valence-corrected chi connectivity index (χ0v) is 14.3. The number of nitrogens with zero attached hydrogens (tertiary/aromatic N) is 4. The van der Waals surface area contributed by atoms with E-state index in [0.717, 1.165) is 18.6 Å². The third-order valence-electron chi connectivity index (χ3n) is 4.29. The van der Waals surface area contributed by atoms with Crippen LogP contribution in [0.15, 0.2) is 35.2 Å². The lowest BCUT2D eigenvalue weighted by Crippen LogP contribution is -2.42. The Morgan fingerprint density at radius 3 is 2.75 bits per heavy atom. The molecule has 0 saturated carbocycles. The maximum Gasteiger partial charge on any atom is 0.322 e. The lowest BCUT2D eigenvalue weighted by Gasteiger charge is -2.37. The maximum atomic E-state index is 12.7. The molecule has 0 unspecified atom stereocenters. The highest BCUT2D eigenvalue weighted by Gasteiger charge is 2.32. The Morgan fingerprint density at radius 1 is 1.38 bits per heavy atom. The van der Waals surface area contributed by atoms with Gasteiger partial charge in [-0.05, 0) is 30.9 Å². The summed E-state index contributed by atoms with van der Waals surface area (Å²) in [6, 6.07) is 3.60. The van der Waals surface area contributed by atoms with Crippen LogP contribution in [-0.2, 0) is 0 Å². The number of carbonyl (C=O) groups is 1. The van der Waals surface area contributed by atoms with E-state index >= 15 is 0 Å². The van der Waals surface area contributed by atoms with E-state index in [9.17, 15) is 4.79 Å². The Bertz CT molecular complexity index is 669. The van der Waals surface area contributed by atoms with Gasteiger partial charge in [-0.1, -0.05) is 6.92 Å². The number of likely N-dealkylation sites (tertiary alicyclic amines) is 1. The average molecular weight is 329 g/mol. The summed E-state index contributed by atoms with van der Waals surface area (Å²) in [6.45, 7) is 2.91. The molecule has 2 amide bonds. The second-order valence-electron chi connectivity index (χ2n) is 6.45. The molecule has 128 valence electrons. The third kappa shape index (κ3) is 3.50. The second-order valence-corrected chi connectivity index (χ2v) is 6.45. The Hall–Kier alpha value is -2.57. The van der Waals surface area contributed by atoms with Gasteiger partial charge in [0.05, 0.1) is 30.4 Å². The quantitative estimate of drug-likeness (QED) is 0.936. The van der Waals surface area contributed by atoms with Gasteiger partial charge in [-0.25, -0.2) is 14.8 Å². The van der Waals surface area contributed by atoms with Crippen LogP contribution in [0.2, 0.25) is 0 Å². The van der Waals surface area contributed by atoms with Gasteiger partial charge in [-0.15, -0.1) is 0 Å². The molecule has 3 rings (SSSR count). The fraction of sp³-hybridized carbons (Fsp3) is 0.471. The van der Waals surface area contributed by atoms with E-state index in [4.69, 9.17) is 4.42 Å². The smallest absolute Gasteiger partial charge is 0.322 e. The van der Waals surface area contributed by atoms with Crippen molar-refractivity contribution in [2.45, 2.75) is 25.8 Å². The molecule has 0 radical (unpaired) electrons. The molecule has 0 aromatic carbocycles. The molecule has 2 aromatic heterocycles. The zero-order chi connectivity index (χ0) is 17.1. The summed E-state index contributed by atoms with van der Waals surface area (Å²) in [4.78, 5) is 24.8. The SMILES string of the molecule is C[C@@H]1CCN(C(=O)Nc2cnc(N(C)C)nc2)[C@@H](c2ccco2)C1. The summed E-state index contributed by atoms with van der Waals surface area (Å²) >= 11 is 0. The van der Waals surface area contributed by atoms with E-state index in [1.165, 1.54) is 0 Å². The van der Waals surface area contributed by atoms with Crippen LogP contribution in [0, 0.1) is 5.92 Å². The maximum absolute atomic E-state index is 12.7. The summed E-state index contributed by atoms with van der Waals surface area (Å²) in [5.41, 5.74) is 0.586. The van der Waals surface area contributed by atoms with Crippen LogP contribution in [0.5, 0.6) is 0 Å². The molecule has 1 aliphatic heterocycles. The van der Waals surface area contributed by atoms with Crippen LogP contribution < -0.4 is 10.2 Å². The Kier molecular flexibility index (Phi) is 4.69. The van der Waals surface area contributed by atoms with Crippen molar-refractivity contribution in [2.75, 3.05) is 30.9 Å². The Labute approximate surface area is 141 Å². The van der Waals surface area contributed by atoms with E-state index in [2.05, 4.69) is 22.2 Å². The van der Waals surface area contributed by atoms with Gasteiger partial charge in [0.15, 0.2) is 0 Å². The number of amides is 2. The second kappa shape index (κ2) is 6.90. The van der Waals surface area contributed by atoms with Gasteiger partial charge < -0.3 is 19.5 Å². The van der Waals surface area contributed by atoms with E-state index in [-0.39, 0.29) is 12.1 Å². The number of rotatable bonds is 3. The highest BCUT2D eigenvalue weighted by Crippen LogP contribution is 2.34. The van der Waals surface area contributed by atoms with Crippen LogP contribution in [0.1, 0.15) is 31.6 Å². The number of piperidine rings is 1. The van der Waals surface area contributed by atoms with Gasteiger partial charge in [0.2, 0.25) is 5.95 Å². The minimum atomic E-state index is -0.149. The van der Waals surface area contributed by atoms with Crippen LogP contribution in [0.4, 0.5) is 16.4 Å². The van der Waals surface area contributed by atoms with Crippen LogP contribution >= 0.6 is 0 Å². The van der Waals surface area contributed by atoms with Gasteiger partial charge in [0, 0.05) is 20.6 Å². The molecule has 7 nitrogen and oxygen atoms in total. The van der Waals surface area contributed by atoms with E-state index in [1.54, 1.807) is 18.7 Å². The van der Waals surface area contributed by atoms with Crippen molar-refractivity contribution in [3.05, 3.63) is 36.5 Å². The standard InChI is InChI=1S/C17H23N5O2/c1-12-6-7-22(14(9-12)15-5-4-8-24-15)17(23)20-13-10-18-16(19-11-13)21(2)3/h4-5,8,10-12,14H,6-7,9H2,1-3H3,(H,20,23)/t12-,14-/m1/s1. The first-order valence-corrected chi connectivity index (χ1v) is 8.15. The number of aromatic nitrogens is 2. The Morgan fingerprint density at radius 2 is 2.12 bits per heavy atom. The van der Waals surface area contributed by atoms with Crippen LogP contribution in [-0.4, -0.2) is 41.5 Å². The third-order valence-corrected chi connectivity index (χ3v) is 4.29. The molecule has 24 heavy (non-hydrogen) atoms. The van der Waals surface area contributed by atoms with E-state index in [0.29, 0.717) is 24.1 Å². The average Bonchev–Trinajstić information content (AvgIpc) is 3.09. The number of furan rings is 1. The molecular formula is C17H23N5O2. The molecule has 0 spiro atoms. The number of hydrogen-bond donors (Lipinski definition) is 1. The molecular weight excluding hydrogens is 306 g/mol. The first kappa shape index (κ1) is 16.3. The van der Waals surface area contributed by atoms with Gasteiger partial charge in [-0.2, -0.15) is 0 Å². The monoisotopic (exact) mass is 329 g/mol. The fourth-order valence-electron chi connectivity index (χ4n) is 2.95. The highest BCUT2D eigenvalue weighted by atomic mass is 16.3. The van der Waals surface area contributed by atoms with Gasteiger partial charge in [-0.3, -0.25) is 0 Å². The zero-order valence-electron chi connectivity index (χ0n) is 14.3. The number of hydrogen-bond acceptors (Lipinski definition) is 5. The van der Waals surface area contributed by atoms with Crippen molar-refractivity contribution in [3.8, 4) is 0 Å². The Balaban J connectivity index is 1.72. The minimum absolute atomic E-state index is 0.0364. The number of urea groups is 1. The first-order valence-electron chi connectivity index (χ1n) is 8.15. The molecule has 1 N–H and O–H groups in total. The van der Waals surface area contributed by atoms with E-state index < -0.39 is 0 Å². The normalized spacial score (nSPS) is 20.7. The lowest BCUT2D eigenvalue weighted by atomic mass is 9.91. The fourth-order valence-corrected chi connectivity index (χ4v) is 2.95. The summed E-state index contributed by atoms with van der Waals surface area (Å²) in [5.74, 6) is 2.00. The first-order chi connectivity index (χ1) is 11.5. The van der Waals surface area contributed by atoms with Crippen molar-refractivity contribution >= 4 is 17.7 Å². The van der Waals surface area contributed by atoms with E-state index in [1.807, 2.05) is 36.0 Å². The molecule has 2 atom stereocenters. The number of anilines is 2. The molecule has 1 aliphatic rings. The lowest BCUT2D eigenvalue weighted by molar-refractivity contribution is 0.129. The predicted molar refractivity (Wildman–Crippen MR) is 91.9 cm³/mol. The van der Waals surface area contributed by atoms with Crippen molar-refractivity contribution in [2.24, 2.45) is 5.92 Å². The molecule has 1 fully saturated rings. The number of carbonyl (C=O) groups excluding carboxylic acids is 1. The van der Waals surface area contributed by atoms with Gasteiger partial charge >= 0.3 is 6.03 Å².